The van der Waals surface area contributed by atoms with Crippen molar-refractivity contribution in [3.63, 3.8) is 0 Å². The van der Waals surface area contributed by atoms with E-state index in [1.165, 1.54) is 0 Å². The lowest BCUT2D eigenvalue weighted by atomic mass is 9.97. The van der Waals surface area contributed by atoms with E-state index in [1.54, 1.807) is 25.5 Å². The number of aryl methyl sites for hydroxylation is 1. The summed E-state index contributed by atoms with van der Waals surface area (Å²) in [6.07, 6.45) is 1.21. The van der Waals surface area contributed by atoms with Gasteiger partial charge in [-0.1, -0.05) is 19.6 Å². The number of aromatic nitrogens is 4. The summed E-state index contributed by atoms with van der Waals surface area (Å²) < 4.78 is 38.2. The van der Waals surface area contributed by atoms with Crippen molar-refractivity contribution in [3.8, 4) is 11.3 Å². The molecule has 28 heavy (non-hydrogen) atoms. The zero-order valence-electron chi connectivity index (χ0n) is 15.7. The molecule has 3 aromatic heterocycles. The third-order valence-electron chi connectivity index (χ3n) is 4.55. The van der Waals surface area contributed by atoms with E-state index in [1.807, 2.05) is 31.2 Å². The van der Waals surface area contributed by atoms with Crippen molar-refractivity contribution in [2.45, 2.75) is 38.8 Å². The number of aromatic amines is 1. The molecule has 146 valence electrons. The lowest BCUT2D eigenvalue weighted by molar-refractivity contribution is -0.0940. The number of hydrogen-bond donors (Lipinski definition) is 1. The van der Waals surface area contributed by atoms with Crippen molar-refractivity contribution in [1.29, 1.82) is 0 Å². The van der Waals surface area contributed by atoms with Gasteiger partial charge in [-0.3, -0.25) is 9.97 Å². The van der Waals surface area contributed by atoms with Gasteiger partial charge in [-0.05, 0) is 37.1 Å². The predicted molar refractivity (Wildman–Crippen MR) is 102 cm³/mol. The lowest BCUT2D eigenvalue weighted by Gasteiger charge is -2.14. The molecule has 0 aliphatic heterocycles. The zero-order valence-corrected chi connectivity index (χ0v) is 15.7. The number of alkyl halides is 3. The quantitative estimate of drug-likeness (QED) is 0.579. The Balaban J connectivity index is 1.70. The van der Waals surface area contributed by atoms with Gasteiger partial charge in [0, 0.05) is 47.8 Å². The Morgan fingerprint density at radius 3 is 2.61 bits per heavy atom. The minimum absolute atomic E-state index is 0.171. The van der Waals surface area contributed by atoms with Gasteiger partial charge in [-0.2, -0.15) is 13.2 Å². The number of nitrogens with zero attached hydrogens (tertiary/aromatic N) is 3. The van der Waals surface area contributed by atoms with Gasteiger partial charge >= 0.3 is 6.18 Å². The van der Waals surface area contributed by atoms with Crippen LogP contribution >= 0.6 is 0 Å². The lowest BCUT2D eigenvalue weighted by Crippen LogP contribution is -2.13. The van der Waals surface area contributed by atoms with Crippen molar-refractivity contribution in [3.05, 3.63) is 77.8 Å². The summed E-state index contributed by atoms with van der Waals surface area (Å²) in [5.41, 5.74) is 3.40. The van der Waals surface area contributed by atoms with Crippen LogP contribution in [0.2, 0.25) is 0 Å². The highest BCUT2D eigenvalue weighted by Gasteiger charge is 2.33. The van der Waals surface area contributed by atoms with Gasteiger partial charge in [0.2, 0.25) is 0 Å². The first kappa shape index (κ1) is 19.8. The molecule has 0 saturated carbocycles. The summed E-state index contributed by atoms with van der Waals surface area (Å²) >= 11 is 0. The normalized spacial score (nSPS) is 12.8. The molecule has 1 atom stereocenters. The number of nitrogens with one attached hydrogen (secondary N) is 1. The van der Waals surface area contributed by atoms with Gasteiger partial charge in [0.1, 0.15) is 5.82 Å². The highest BCUT2D eigenvalue weighted by Crippen LogP contribution is 2.33. The number of hydrogen-bond acceptors (Lipinski definition) is 3. The van der Waals surface area contributed by atoms with Gasteiger partial charge in [0.15, 0.2) is 0 Å². The van der Waals surface area contributed by atoms with Crippen LogP contribution < -0.4 is 0 Å². The first-order chi connectivity index (χ1) is 13.2. The summed E-state index contributed by atoms with van der Waals surface area (Å²) in [5, 5.41) is 0. The third kappa shape index (κ3) is 4.65. The van der Waals surface area contributed by atoms with Gasteiger partial charge < -0.3 is 4.98 Å². The molecule has 1 N–H and O–H groups in total. The molecular weight excluding hydrogens is 365 g/mol. The molecular formula is C21H21F3N4. The van der Waals surface area contributed by atoms with Crippen LogP contribution in [0.25, 0.3) is 11.3 Å². The van der Waals surface area contributed by atoms with Crippen LogP contribution in [0.4, 0.5) is 13.2 Å². The van der Waals surface area contributed by atoms with Gasteiger partial charge in [-0.15, -0.1) is 0 Å². The second-order valence-electron chi connectivity index (χ2n) is 6.87. The first-order valence-corrected chi connectivity index (χ1v) is 8.89. The maximum absolute atomic E-state index is 12.7. The molecule has 0 spiro atoms. The predicted octanol–water partition coefficient (Wildman–Crippen LogP) is 5.38. The number of pyridine rings is 2. The molecule has 0 aromatic carbocycles. The van der Waals surface area contributed by atoms with E-state index in [9.17, 15) is 13.2 Å². The van der Waals surface area contributed by atoms with Crippen LogP contribution in [0.5, 0.6) is 0 Å². The van der Waals surface area contributed by atoms with E-state index in [-0.39, 0.29) is 12.3 Å². The van der Waals surface area contributed by atoms with Gasteiger partial charge in [0.25, 0.3) is 0 Å². The Labute approximate surface area is 161 Å². The van der Waals surface area contributed by atoms with Crippen molar-refractivity contribution in [2.75, 3.05) is 0 Å². The van der Waals surface area contributed by atoms with Gasteiger partial charge in [0.05, 0.1) is 11.4 Å². The number of imidazole rings is 1. The highest BCUT2D eigenvalue weighted by atomic mass is 19.4. The molecule has 3 heterocycles. The van der Waals surface area contributed by atoms with E-state index in [0.717, 1.165) is 22.5 Å². The standard InChI is InChI=1S/C21H21F3N4/c1-13(9-14(2)21(22,23)24)20-15(3)27-19(28-20)10-16-6-7-18(26-11-16)17-5-4-8-25-12-17/h4-8,11-13H,2,9-10H2,1,3H3,(H,27,28). The fraction of sp³-hybridized carbons (Fsp3) is 0.286. The Morgan fingerprint density at radius 2 is 2.00 bits per heavy atom. The molecule has 0 aliphatic rings. The minimum atomic E-state index is -4.37. The molecule has 0 aliphatic carbocycles. The Bertz CT molecular complexity index is 944. The van der Waals surface area contributed by atoms with Crippen molar-refractivity contribution < 1.29 is 13.2 Å². The average Bonchev–Trinajstić information content (AvgIpc) is 3.02. The van der Waals surface area contributed by atoms with Crippen LogP contribution in [-0.2, 0) is 6.42 Å². The van der Waals surface area contributed by atoms with Crippen molar-refractivity contribution >= 4 is 0 Å². The minimum Gasteiger partial charge on any atom is -0.346 e. The third-order valence-corrected chi connectivity index (χ3v) is 4.55. The van der Waals surface area contributed by atoms with Crippen molar-refractivity contribution in [2.24, 2.45) is 0 Å². The number of allylic oxidation sites excluding steroid dienone is 1. The molecule has 4 nitrogen and oxygen atoms in total. The molecule has 3 rings (SSSR count). The zero-order chi connectivity index (χ0) is 20.3. The first-order valence-electron chi connectivity index (χ1n) is 8.89. The highest BCUT2D eigenvalue weighted by molar-refractivity contribution is 5.57. The van der Waals surface area contributed by atoms with Crippen LogP contribution in [0.1, 0.15) is 42.0 Å². The summed E-state index contributed by atoms with van der Waals surface area (Å²) in [4.78, 5) is 16.2. The Morgan fingerprint density at radius 1 is 1.21 bits per heavy atom. The van der Waals surface area contributed by atoms with E-state index in [4.69, 9.17) is 0 Å². The molecule has 0 radical (unpaired) electrons. The van der Waals surface area contributed by atoms with E-state index >= 15 is 0 Å². The Hall–Kier alpha value is -2.96. The van der Waals surface area contributed by atoms with E-state index < -0.39 is 11.7 Å². The molecule has 3 aromatic rings. The number of H-pyrrole nitrogens is 1. The SMILES string of the molecule is C=C(CC(C)c1nc(Cc2ccc(-c3cccnc3)nc2)[nH]c1C)C(F)(F)F. The molecule has 0 fully saturated rings. The van der Waals surface area contributed by atoms with Crippen LogP contribution in [0, 0.1) is 6.92 Å². The fourth-order valence-electron chi connectivity index (χ4n) is 3.09. The summed E-state index contributed by atoms with van der Waals surface area (Å²) in [7, 11) is 0. The maximum atomic E-state index is 12.7. The van der Waals surface area contributed by atoms with Crippen LogP contribution in [0.3, 0.4) is 0 Å². The summed E-state index contributed by atoms with van der Waals surface area (Å²) in [6.45, 7) is 6.71. The molecule has 0 amide bonds. The summed E-state index contributed by atoms with van der Waals surface area (Å²) in [6, 6.07) is 7.67. The van der Waals surface area contributed by atoms with Crippen LogP contribution in [-0.4, -0.2) is 26.1 Å². The van der Waals surface area contributed by atoms with E-state index in [0.29, 0.717) is 17.9 Å². The molecule has 7 heteroatoms. The number of halogens is 3. The molecule has 0 bridgehead atoms. The second-order valence-corrected chi connectivity index (χ2v) is 6.87. The maximum Gasteiger partial charge on any atom is 0.412 e. The average molecular weight is 386 g/mol. The second kappa shape index (κ2) is 7.96. The number of rotatable bonds is 6. The topological polar surface area (TPSA) is 54.5 Å². The summed E-state index contributed by atoms with van der Waals surface area (Å²) in [5.74, 6) is 0.332. The monoisotopic (exact) mass is 386 g/mol. The van der Waals surface area contributed by atoms with Crippen molar-refractivity contribution in [1.82, 2.24) is 19.9 Å². The molecule has 1 unspecified atom stereocenters. The van der Waals surface area contributed by atoms with E-state index in [2.05, 4.69) is 26.5 Å². The van der Waals surface area contributed by atoms with Gasteiger partial charge in [-0.25, -0.2) is 4.98 Å². The Kier molecular flexibility index (Phi) is 5.63. The fourth-order valence-corrected chi connectivity index (χ4v) is 3.09. The smallest absolute Gasteiger partial charge is 0.346 e. The molecule has 0 saturated heterocycles. The largest absolute Gasteiger partial charge is 0.412 e. The van der Waals surface area contributed by atoms with Crippen LogP contribution in [0.15, 0.2) is 55.0 Å².